The van der Waals surface area contributed by atoms with Crippen LogP contribution in [0.4, 0.5) is 0 Å². The molecular formula is C15H21NO5S. The van der Waals surface area contributed by atoms with Crippen LogP contribution in [0.5, 0.6) is 0 Å². The van der Waals surface area contributed by atoms with Gasteiger partial charge < -0.3 is 10.0 Å². The molecule has 0 saturated heterocycles. The summed E-state index contributed by atoms with van der Waals surface area (Å²) in [5.74, 6) is -1.35. The molecule has 0 bridgehead atoms. The summed E-state index contributed by atoms with van der Waals surface area (Å²) in [5.41, 5.74) is 0.649. The average molecular weight is 327 g/mol. The maximum Gasteiger partial charge on any atom is 0.323 e. The third-order valence-corrected chi connectivity index (χ3v) is 5.02. The monoisotopic (exact) mass is 327 g/mol. The second-order valence-electron chi connectivity index (χ2n) is 5.23. The summed E-state index contributed by atoms with van der Waals surface area (Å²) in [6.45, 7) is 4.72. The van der Waals surface area contributed by atoms with Crippen molar-refractivity contribution in [2.75, 3.05) is 12.3 Å². The minimum atomic E-state index is -3.26. The maximum atomic E-state index is 12.2. The van der Waals surface area contributed by atoms with Crippen molar-refractivity contribution in [2.45, 2.75) is 38.1 Å². The summed E-state index contributed by atoms with van der Waals surface area (Å²) >= 11 is 0. The normalized spacial score (nSPS) is 11.5. The van der Waals surface area contributed by atoms with Gasteiger partial charge in [-0.3, -0.25) is 9.59 Å². The first-order valence-corrected chi connectivity index (χ1v) is 8.65. The molecule has 0 aliphatic rings. The minimum Gasteiger partial charge on any atom is -0.480 e. The van der Waals surface area contributed by atoms with E-state index in [9.17, 15) is 18.0 Å². The molecule has 22 heavy (non-hydrogen) atoms. The summed E-state index contributed by atoms with van der Waals surface area (Å²) in [6, 6.07) is 5.89. The Morgan fingerprint density at radius 3 is 2.14 bits per heavy atom. The molecule has 1 N–H and O–H groups in total. The number of carboxylic acids is 1. The molecule has 1 rings (SSSR count). The smallest absolute Gasteiger partial charge is 0.323 e. The van der Waals surface area contributed by atoms with Gasteiger partial charge in [-0.15, -0.1) is 0 Å². The van der Waals surface area contributed by atoms with Crippen molar-refractivity contribution in [3.63, 3.8) is 0 Å². The number of carbonyl (C=O) groups is 2. The Balaban J connectivity index is 2.86. The SMILES string of the molecule is CCS(=O)(=O)c1ccc(CC(=O)N(CC(=O)O)C(C)C)cc1. The lowest BCUT2D eigenvalue weighted by Gasteiger charge is -2.25. The predicted octanol–water partition coefficient (Wildman–Crippen LogP) is 1.34. The van der Waals surface area contributed by atoms with Gasteiger partial charge in [-0.2, -0.15) is 0 Å². The first-order valence-electron chi connectivity index (χ1n) is 7.00. The summed E-state index contributed by atoms with van der Waals surface area (Å²) in [4.78, 5) is 24.5. The molecule has 0 aromatic heterocycles. The van der Waals surface area contributed by atoms with Crippen LogP contribution in [-0.4, -0.2) is 48.6 Å². The van der Waals surface area contributed by atoms with E-state index in [1.54, 1.807) is 32.9 Å². The van der Waals surface area contributed by atoms with Crippen molar-refractivity contribution in [1.82, 2.24) is 4.90 Å². The van der Waals surface area contributed by atoms with Crippen molar-refractivity contribution in [3.05, 3.63) is 29.8 Å². The zero-order valence-electron chi connectivity index (χ0n) is 12.9. The quantitative estimate of drug-likeness (QED) is 0.816. The molecule has 7 heteroatoms. The van der Waals surface area contributed by atoms with E-state index in [-0.39, 0.29) is 35.6 Å². The Bertz CT molecular complexity index is 634. The lowest BCUT2D eigenvalue weighted by Crippen LogP contribution is -2.41. The van der Waals surface area contributed by atoms with E-state index >= 15 is 0 Å². The van der Waals surface area contributed by atoms with Crippen molar-refractivity contribution >= 4 is 21.7 Å². The molecule has 0 heterocycles. The van der Waals surface area contributed by atoms with Gasteiger partial charge in [0.2, 0.25) is 5.91 Å². The number of aliphatic carboxylic acids is 1. The van der Waals surface area contributed by atoms with Gasteiger partial charge in [0.1, 0.15) is 6.54 Å². The molecular weight excluding hydrogens is 306 g/mol. The van der Waals surface area contributed by atoms with Gasteiger partial charge in [-0.1, -0.05) is 19.1 Å². The van der Waals surface area contributed by atoms with Crippen LogP contribution < -0.4 is 0 Å². The number of nitrogens with zero attached hydrogens (tertiary/aromatic N) is 1. The predicted molar refractivity (Wildman–Crippen MR) is 82.4 cm³/mol. The third kappa shape index (κ3) is 4.84. The molecule has 1 aromatic rings. The van der Waals surface area contributed by atoms with E-state index < -0.39 is 15.8 Å². The number of carboxylic acid groups (broad SMARTS) is 1. The zero-order chi connectivity index (χ0) is 16.9. The van der Waals surface area contributed by atoms with Crippen LogP contribution in [0.1, 0.15) is 26.3 Å². The van der Waals surface area contributed by atoms with E-state index in [0.29, 0.717) is 5.56 Å². The lowest BCUT2D eigenvalue weighted by molar-refractivity contribution is -0.145. The zero-order valence-corrected chi connectivity index (χ0v) is 13.8. The second-order valence-corrected chi connectivity index (χ2v) is 7.51. The van der Waals surface area contributed by atoms with E-state index in [1.807, 2.05) is 0 Å². The number of rotatable bonds is 7. The Labute approximate surface area is 130 Å². The molecule has 1 aromatic carbocycles. The highest BCUT2D eigenvalue weighted by atomic mass is 32.2. The van der Waals surface area contributed by atoms with E-state index in [4.69, 9.17) is 5.11 Å². The molecule has 1 amide bonds. The molecule has 0 saturated carbocycles. The fourth-order valence-electron chi connectivity index (χ4n) is 1.96. The van der Waals surface area contributed by atoms with Crippen molar-refractivity contribution in [3.8, 4) is 0 Å². The van der Waals surface area contributed by atoms with Gasteiger partial charge in [-0.05, 0) is 31.5 Å². The van der Waals surface area contributed by atoms with Crippen molar-refractivity contribution in [1.29, 1.82) is 0 Å². The number of hydrogen-bond donors (Lipinski definition) is 1. The molecule has 6 nitrogen and oxygen atoms in total. The molecule has 0 aliphatic heterocycles. The van der Waals surface area contributed by atoms with Crippen molar-refractivity contribution < 1.29 is 23.1 Å². The first-order chi connectivity index (χ1) is 10.2. The Morgan fingerprint density at radius 2 is 1.73 bits per heavy atom. The van der Waals surface area contributed by atoms with Crippen LogP contribution in [0.2, 0.25) is 0 Å². The number of carbonyl (C=O) groups excluding carboxylic acids is 1. The van der Waals surface area contributed by atoms with Crippen LogP contribution in [0.15, 0.2) is 29.2 Å². The highest BCUT2D eigenvalue weighted by molar-refractivity contribution is 7.91. The van der Waals surface area contributed by atoms with E-state index in [2.05, 4.69) is 0 Å². The Hall–Kier alpha value is -1.89. The third-order valence-electron chi connectivity index (χ3n) is 3.27. The number of benzene rings is 1. The van der Waals surface area contributed by atoms with Crippen LogP contribution >= 0.6 is 0 Å². The average Bonchev–Trinajstić information content (AvgIpc) is 2.44. The van der Waals surface area contributed by atoms with Crippen molar-refractivity contribution in [2.24, 2.45) is 0 Å². The minimum absolute atomic E-state index is 0.0189. The largest absolute Gasteiger partial charge is 0.480 e. The molecule has 0 atom stereocenters. The van der Waals surface area contributed by atoms with Crippen LogP contribution in [0, 0.1) is 0 Å². The topological polar surface area (TPSA) is 91.8 Å². The van der Waals surface area contributed by atoms with Crippen LogP contribution in [-0.2, 0) is 25.8 Å². The molecule has 0 spiro atoms. The standard InChI is InChI=1S/C15H21NO5S/c1-4-22(20,21)13-7-5-12(6-8-13)9-14(17)16(11(2)3)10-15(18)19/h5-8,11H,4,9-10H2,1-3H3,(H,18,19). The summed E-state index contributed by atoms with van der Waals surface area (Å²) < 4.78 is 23.4. The number of hydrogen-bond acceptors (Lipinski definition) is 4. The highest BCUT2D eigenvalue weighted by Crippen LogP contribution is 2.14. The van der Waals surface area contributed by atoms with Gasteiger partial charge in [0.05, 0.1) is 17.1 Å². The first kappa shape index (κ1) is 18.2. The van der Waals surface area contributed by atoms with Crippen LogP contribution in [0.25, 0.3) is 0 Å². The van der Waals surface area contributed by atoms with Gasteiger partial charge in [0.15, 0.2) is 9.84 Å². The van der Waals surface area contributed by atoms with Gasteiger partial charge in [0.25, 0.3) is 0 Å². The van der Waals surface area contributed by atoms with E-state index in [0.717, 1.165) is 0 Å². The summed E-state index contributed by atoms with van der Waals surface area (Å²) in [7, 11) is -3.26. The fraction of sp³-hybridized carbons (Fsp3) is 0.467. The second kappa shape index (κ2) is 7.40. The van der Waals surface area contributed by atoms with Gasteiger partial charge in [0, 0.05) is 6.04 Å². The molecule has 122 valence electrons. The maximum absolute atomic E-state index is 12.2. The lowest BCUT2D eigenvalue weighted by atomic mass is 10.1. The van der Waals surface area contributed by atoms with E-state index in [1.165, 1.54) is 17.0 Å². The molecule has 0 radical (unpaired) electrons. The van der Waals surface area contributed by atoms with Gasteiger partial charge in [-0.25, -0.2) is 8.42 Å². The van der Waals surface area contributed by atoms with Crippen LogP contribution in [0.3, 0.4) is 0 Å². The summed E-state index contributed by atoms with van der Waals surface area (Å²) in [6.07, 6.45) is 0.0396. The van der Waals surface area contributed by atoms with Gasteiger partial charge >= 0.3 is 5.97 Å². The molecule has 0 aliphatic carbocycles. The highest BCUT2D eigenvalue weighted by Gasteiger charge is 2.20. The molecule has 0 unspecified atom stereocenters. The Kier molecular flexibility index (Phi) is 6.11. The molecule has 0 fully saturated rings. The Morgan fingerprint density at radius 1 is 1.18 bits per heavy atom. The fourth-order valence-corrected chi connectivity index (χ4v) is 2.85. The number of sulfone groups is 1. The summed E-state index contributed by atoms with van der Waals surface area (Å²) in [5, 5.41) is 8.84. The number of amides is 1.